The van der Waals surface area contributed by atoms with Gasteiger partial charge in [-0.25, -0.2) is 0 Å². The first-order chi connectivity index (χ1) is 6.57. The van der Waals surface area contributed by atoms with E-state index >= 15 is 0 Å². The molecular weight excluding hydrogens is 291 g/mol. The first-order valence-corrected chi connectivity index (χ1v) is 3.72. The maximum atomic E-state index is 10.6. The monoisotopic (exact) mass is 299 g/mol. The summed E-state index contributed by atoms with van der Waals surface area (Å²) in [7, 11) is 0. The zero-order chi connectivity index (χ0) is 11.0. The predicted molar refractivity (Wildman–Crippen MR) is 49.9 cm³/mol. The Labute approximate surface area is 101 Å². The van der Waals surface area contributed by atoms with E-state index in [1.54, 1.807) is 30.3 Å². The van der Waals surface area contributed by atoms with Crippen LogP contribution in [0.2, 0.25) is 0 Å². The van der Waals surface area contributed by atoms with Crippen LogP contribution in [0.25, 0.3) is 5.53 Å². The first-order valence-electron chi connectivity index (χ1n) is 3.72. The molecule has 15 heavy (non-hydrogen) atoms. The maximum absolute atomic E-state index is 10.6. The predicted octanol–water partition coefficient (Wildman–Crippen LogP) is 1.94. The number of amides is 1. The fourth-order valence-corrected chi connectivity index (χ4v) is 0.638. The number of carbonyl (C=O) groups is 2. The fraction of sp³-hybridized carbons (Fsp3) is 0.111. The molecular formula is C9H9N2O3Pd-. The minimum absolute atomic E-state index is 0. The maximum Gasteiger partial charge on any atom is 0.300 e. The van der Waals surface area contributed by atoms with Crippen molar-refractivity contribution < 1.29 is 35.1 Å². The molecule has 0 aliphatic rings. The van der Waals surface area contributed by atoms with E-state index in [0.717, 1.165) is 6.92 Å². The van der Waals surface area contributed by atoms with Crippen LogP contribution in [0.15, 0.2) is 35.4 Å². The second-order valence-electron chi connectivity index (χ2n) is 2.29. The molecule has 0 fully saturated rings. The Morgan fingerprint density at radius 1 is 1.27 bits per heavy atom. The van der Waals surface area contributed by atoms with E-state index in [-0.39, 0.29) is 20.4 Å². The summed E-state index contributed by atoms with van der Waals surface area (Å²) >= 11 is 0. The van der Waals surface area contributed by atoms with Crippen LogP contribution in [-0.4, -0.2) is 17.0 Å². The van der Waals surface area contributed by atoms with Crippen molar-refractivity contribution >= 4 is 11.9 Å². The minimum Gasteiger partial charge on any atom is -0.704 e. The van der Waals surface area contributed by atoms with Crippen molar-refractivity contribution in [1.82, 2.24) is 0 Å². The fourth-order valence-electron chi connectivity index (χ4n) is 0.638. The van der Waals surface area contributed by atoms with Gasteiger partial charge < -0.3 is 15.8 Å². The van der Waals surface area contributed by atoms with Gasteiger partial charge in [0.15, 0.2) is 0 Å². The van der Waals surface area contributed by atoms with Crippen LogP contribution in [0.3, 0.4) is 0 Å². The third kappa shape index (κ3) is 8.94. The molecule has 1 amide bonds. The number of carboxylic acid groups (broad SMARTS) is 1. The first kappa shape index (κ1) is 16.1. The van der Waals surface area contributed by atoms with Gasteiger partial charge in [0.25, 0.3) is 11.9 Å². The number of hydrogen-bond donors (Lipinski definition) is 1. The smallest absolute Gasteiger partial charge is 0.300 e. The van der Waals surface area contributed by atoms with E-state index in [0.29, 0.717) is 5.56 Å². The van der Waals surface area contributed by atoms with E-state index in [1.165, 1.54) is 0 Å². The molecule has 1 rings (SSSR count). The molecule has 0 atom stereocenters. The Morgan fingerprint density at radius 2 is 1.67 bits per heavy atom. The van der Waals surface area contributed by atoms with Crippen molar-refractivity contribution in [3.8, 4) is 0 Å². The third-order valence-corrected chi connectivity index (χ3v) is 1.11. The van der Waals surface area contributed by atoms with Crippen LogP contribution in [0, 0.1) is 0 Å². The van der Waals surface area contributed by atoms with Crippen molar-refractivity contribution in [1.29, 1.82) is 0 Å². The Bertz CT molecular complexity index is 323. The molecule has 6 heteroatoms. The van der Waals surface area contributed by atoms with Gasteiger partial charge in [0, 0.05) is 32.9 Å². The summed E-state index contributed by atoms with van der Waals surface area (Å²) in [5.41, 5.74) is 8.46. The van der Waals surface area contributed by atoms with Crippen LogP contribution < -0.4 is 0 Å². The van der Waals surface area contributed by atoms with E-state index in [9.17, 15) is 4.79 Å². The summed E-state index contributed by atoms with van der Waals surface area (Å²) in [5, 5.41) is 9.94. The number of aliphatic carboxylic acids is 1. The molecule has 1 N–H and O–H groups in total. The van der Waals surface area contributed by atoms with Gasteiger partial charge >= 0.3 is 0 Å². The van der Waals surface area contributed by atoms with Crippen LogP contribution >= 0.6 is 0 Å². The number of carbonyl (C=O) groups excluding carboxylic acids is 1. The van der Waals surface area contributed by atoms with Gasteiger partial charge in [0.05, 0.1) is 0 Å². The Balaban J connectivity index is 0. The molecule has 0 heterocycles. The number of hydrogen-bond acceptors (Lipinski definition) is 2. The quantitative estimate of drug-likeness (QED) is 0.635. The summed E-state index contributed by atoms with van der Waals surface area (Å²) in [6.07, 6.45) is 0. The summed E-state index contributed by atoms with van der Waals surface area (Å²) in [6, 6.07) is 8.37. The van der Waals surface area contributed by atoms with Crippen LogP contribution in [-0.2, 0) is 25.2 Å². The molecule has 0 aliphatic carbocycles. The van der Waals surface area contributed by atoms with Gasteiger partial charge in [-0.3, -0.25) is 9.59 Å². The van der Waals surface area contributed by atoms with Gasteiger partial charge in [0.1, 0.15) is 0 Å². The van der Waals surface area contributed by atoms with E-state index in [1.807, 2.05) is 0 Å². The van der Waals surface area contributed by atoms with E-state index in [4.69, 9.17) is 15.4 Å². The topological polar surface area (TPSA) is 89.0 Å². The molecule has 0 radical (unpaired) electrons. The van der Waals surface area contributed by atoms with Gasteiger partial charge in [-0.15, -0.1) is 0 Å². The van der Waals surface area contributed by atoms with E-state index < -0.39 is 11.9 Å². The van der Waals surface area contributed by atoms with Crippen molar-refractivity contribution in [2.45, 2.75) is 6.92 Å². The largest absolute Gasteiger partial charge is 0.704 e. The number of benzene rings is 1. The standard InChI is InChI=1S/C7H5N2O.C2H4O2.Pd/c8-9-7(10)6-4-2-1-3-5-6;1-2(3)4;/h1-5H;1H3,(H,3,4);/q-1;;. The molecule has 0 bridgehead atoms. The van der Waals surface area contributed by atoms with Crippen molar-refractivity contribution in [2.24, 2.45) is 5.11 Å². The zero-order valence-corrected chi connectivity index (χ0v) is 9.42. The Kier molecular flexibility index (Phi) is 9.84. The summed E-state index contributed by atoms with van der Waals surface area (Å²) in [6.45, 7) is 1.08. The summed E-state index contributed by atoms with van der Waals surface area (Å²) < 4.78 is 0. The molecule has 1 aromatic carbocycles. The number of rotatable bonds is 1. The molecule has 0 aromatic heterocycles. The summed E-state index contributed by atoms with van der Waals surface area (Å²) in [5.74, 6) is -1.44. The van der Waals surface area contributed by atoms with Gasteiger partial charge in [-0.05, 0) is 12.1 Å². The molecule has 0 aliphatic heterocycles. The van der Waals surface area contributed by atoms with Crippen LogP contribution in [0.5, 0.6) is 0 Å². The Morgan fingerprint density at radius 3 is 2.00 bits per heavy atom. The Hall–Kier alpha value is -1.38. The van der Waals surface area contributed by atoms with Crippen molar-refractivity contribution in [2.75, 3.05) is 0 Å². The van der Waals surface area contributed by atoms with E-state index in [2.05, 4.69) is 5.11 Å². The SMILES string of the molecule is CC(=O)O.[N-]=NC(=O)c1ccccc1.[Pd]. The molecule has 0 spiro atoms. The van der Waals surface area contributed by atoms with Crippen molar-refractivity contribution in [3.05, 3.63) is 41.4 Å². The van der Waals surface area contributed by atoms with Gasteiger partial charge in [0.2, 0.25) is 0 Å². The summed E-state index contributed by atoms with van der Waals surface area (Å²) in [4.78, 5) is 19.6. The normalized spacial score (nSPS) is 7.53. The van der Waals surface area contributed by atoms with Crippen LogP contribution in [0.1, 0.15) is 17.3 Å². The molecule has 1 aromatic rings. The zero-order valence-electron chi connectivity index (χ0n) is 7.86. The molecule has 0 unspecified atom stereocenters. The third-order valence-electron chi connectivity index (χ3n) is 1.11. The van der Waals surface area contributed by atoms with Crippen LogP contribution in [0.4, 0.5) is 0 Å². The molecule has 5 nitrogen and oxygen atoms in total. The molecule has 0 saturated heterocycles. The van der Waals surface area contributed by atoms with Gasteiger partial charge in [-0.1, -0.05) is 18.2 Å². The number of carboxylic acids is 1. The molecule has 0 saturated carbocycles. The minimum atomic E-state index is -0.833. The number of nitrogens with zero attached hydrogens (tertiary/aromatic N) is 2. The van der Waals surface area contributed by atoms with Gasteiger partial charge in [-0.2, -0.15) is 0 Å². The molecule has 84 valence electrons. The second-order valence-corrected chi connectivity index (χ2v) is 2.29. The second kappa shape index (κ2) is 9.19. The average Bonchev–Trinajstić information content (AvgIpc) is 2.17. The van der Waals surface area contributed by atoms with Crippen molar-refractivity contribution in [3.63, 3.8) is 0 Å². The average molecular weight is 300 g/mol.